The predicted molar refractivity (Wildman–Crippen MR) is 153 cm³/mol. The maximum atomic E-state index is 13.7. The lowest BCUT2D eigenvalue weighted by Crippen LogP contribution is -2.42. The molecule has 5 rings (SSSR count). The molecule has 5 heteroatoms. The van der Waals surface area contributed by atoms with Crippen molar-refractivity contribution in [1.29, 1.82) is 0 Å². The van der Waals surface area contributed by atoms with E-state index in [1.54, 1.807) is 0 Å². The van der Waals surface area contributed by atoms with Gasteiger partial charge in [-0.1, -0.05) is 73.6 Å². The Morgan fingerprint density at radius 3 is 2.41 bits per heavy atom. The van der Waals surface area contributed by atoms with Gasteiger partial charge in [0, 0.05) is 23.5 Å². The first-order chi connectivity index (χ1) is 17.8. The second-order valence-electron chi connectivity index (χ2n) is 10.7. The minimum atomic E-state index is 0.000973. The largest absolute Gasteiger partial charge is 0.338 e. The predicted octanol–water partition coefficient (Wildman–Crippen LogP) is 7.10. The van der Waals surface area contributed by atoms with Crippen molar-refractivity contribution in [2.45, 2.75) is 45.6 Å². The molecule has 2 aliphatic rings. The Morgan fingerprint density at radius 2 is 1.68 bits per heavy atom. The highest BCUT2D eigenvalue weighted by Gasteiger charge is 2.30. The number of nitrogens with zero attached hydrogens (tertiary/aromatic N) is 2. The zero-order valence-electron chi connectivity index (χ0n) is 22.0. The summed E-state index contributed by atoms with van der Waals surface area (Å²) in [5.74, 6) is 1.15. The van der Waals surface area contributed by atoms with Crippen molar-refractivity contribution in [2.75, 3.05) is 18.0 Å². The number of thioether (sulfide) groups is 1. The van der Waals surface area contributed by atoms with E-state index < -0.39 is 0 Å². The molecular weight excluding hydrogens is 476 g/mol. The number of aryl methyl sites for hydroxylation is 2. The van der Waals surface area contributed by atoms with Crippen molar-refractivity contribution in [3.05, 3.63) is 99.5 Å². The standard InChI is InChI=1S/C32H34N2O2S/c1-21-9-10-24(4)27(16-21)20-34-28-7-5-6-8-29(28)37-30(32(34)36)17-25-11-13-26(14-12-25)31(35)33-18-22(2)15-23(3)19-33/h5-14,16-17,22-23H,15,18-20H2,1-4H3/b30-17-. The number of amides is 2. The number of carbonyl (C=O) groups is 2. The number of anilines is 1. The second kappa shape index (κ2) is 10.6. The molecule has 0 N–H and O–H groups in total. The molecule has 0 saturated carbocycles. The molecule has 2 aliphatic heterocycles. The number of hydrogen-bond donors (Lipinski definition) is 0. The minimum absolute atomic E-state index is 0.000973. The molecule has 2 atom stereocenters. The Morgan fingerprint density at radius 1 is 0.973 bits per heavy atom. The minimum Gasteiger partial charge on any atom is -0.338 e. The first-order valence-corrected chi connectivity index (χ1v) is 13.9. The topological polar surface area (TPSA) is 40.6 Å². The molecule has 0 bridgehead atoms. The van der Waals surface area contributed by atoms with Gasteiger partial charge in [0.1, 0.15) is 0 Å². The Bertz CT molecular complexity index is 1350. The number of rotatable bonds is 4. The van der Waals surface area contributed by atoms with Crippen LogP contribution < -0.4 is 4.90 Å². The van der Waals surface area contributed by atoms with Gasteiger partial charge in [-0.3, -0.25) is 9.59 Å². The molecule has 3 aromatic carbocycles. The fraction of sp³-hybridized carbons (Fsp3) is 0.312. The second-order valence-corrected chi connectivity index (χ2v) is 11.8. The van der Waals surface area contributed by atoms with Crippen LogP contribution in [-0.2, 0) is 11.3 Å². The zero-order chi connectivity index (χ0) is 26.1. The average Bonchev–Trinajstić information content (AvgIpc) is 2.88. The molecule has 3 aromatic rings. The number of para-hydroxylation sites is 1. The van der Waals surface area contributed by atoms with Gasteiger partial charge in [0.25, 0.3) is 11.8 Å². The third kappa shape index (κ3) is 5.52. The van der Waals surface area contributed by atoms with Crippen LogP contribution in [0.2, 0.25) is 0 Å². The van der Waals surface area contributed by atoms with E-state index in [2.05, 4.69) is 52.0 Å². The molecule has 0 aromatic heterocycles. The van der Waals surface area contributed by atoms with Gasteiger partial charge < -0.3 is 9.80 Å². The van der Waals surface area contributed by atoms with Crippen LogP contribution in [0.1, 0.15) is 52.9 Å². The van der Waals surface area contributed by atoms with Crippen LogP contribution in [0.15, 0.2) is 76.5 Å². The van der Waals surface area contributed by atoms with E-state index in [0.29, 0.717) is 28.8 Å². The Labute approximate surface area is 224 Å². The first kappa shape index (κ1) is 25.3. The Hall–Kier alpha value is -3.31. The van der Waals surface area contributed by atoms with E-state index in [9.17, 15) is 9.59 Å². The molecule has 2 amide bonds. The first-order valence-electron chi connectivity index (χ1n) is 13.0. The third-order valence-corrected chi connectivity index (χ3v) is 8.35. The van der Waals surface area contributed by atoms with E-state index in [1.165, 1.54) is 29.3 Å². The van der Waals surface area contributed by atoms with Gasteiger partial charge in [0.2, 0.25) is 0 Å². The molecule has 0 spiro atoms. The van der Waals surface area contributed by atoms with Crippen LogP contribution in [-0.4, -0.2) is 29.8 Å². The monoisotopic (exact) mass is 510 g/mol. The van der Waals surface area contributed by atoms with Crippen molar-refractivity contribution in [1.82, 2.24) is 4.90 Å². The highest BCUT2D eigenvalue weighted by molar-refractivity contribution is 8.04. The summed E-state index contributed by atoms with van der Waals surface area (Å²) in [6.45, 7) is 10.8. The van der Waals surface area contributed by atoms with Gasteiger partial charge in [-0.05, 0) is 79.1 Å². The van der Waals surface area contributed by atoms with Gasteiger partial charge in [-0.25, -0.2) is 0 Å². The van der Waals surface area contributed by atoms with Crippen molar-refractivity contribution in [3.8, 4) is 0 Å². The highest BCUT2D eigenvalue weighted by atomic mass is 32.2. The molecule has 190 valence electrons. The molecule has 2 unspecified atom stereocenters. The summed E-state index contributed by atoms with van der Waals surface area (Å²) in [5.41, 5.74) is 6.08. The normalized spacial score (nSPS) is 20.8. The summed E-state index contributed by atoms with van der Waals surface area (Å²) < 4.78 is 0. The molecule has 4 nitrogen and oxygen atoms in total. The lowest BCUT2D eigenvalue weighted by molar-refractivity contribution is -0.114. The Balaban J connectivity index is 1.40. The van der Waals surface area contributed by atoms with Crippen LogP contribution in [0.4, 0.5) is 5.69 Å². The van der Waals surface area contributed by atoms with Crippen LogP contribution in [0.5, 0.6) is 0 Å². The van der Waals surface area contributed by atoms with E-state index in [0.717, 1.165) is 34.8 Å². The lowest BCUT2D eigenvalue weighted by Gasteiger charge is -2.35. The lowest BCUT2D eigenvalue weighted by atomic mass is 9.91. The number of carbonyl (C=O) groups excluding carboxylic acids is 2. The maximum Gasteiger partial charge on any atom is 0.265 e. The summed E-state index contributed by atoms with van der Waals surface area (Å²) in [6.07, 6.45) is 3.11. The number of hydrogen-bond acceptors (Lipinski definition) is 3. The molecule has 1 fully saturated rings. The van der Waals surface area contributed by atoms with Crippen molar-refractivity contribution in [3.63, 3.8) is 0 Å². The molecule has 37 heavy (non-hydrogen) atoms. The zero-order valence-corrected chi connectivity index (χ0v) is 22.8. The van der Waals surface area contributed by atoms with E-state index in [4.69, 9.17) is 0 Å². The number of piperidine rings is 1. The van der Waals surface area contributed by atoms with Crippen LogP contribution >= 0.6 is 11.8 Å². The van der Waals surface area contributed by atoms with E-state index >= 15 is 0 Å². The van der Waals surface area contributed by atoms with Gasteiger partial charge in [-0.15, -0.1) is 0 Å². The molecular formula is C32H34N2O2S. The summed E-state index contributed by atoms with van der Waals surface area (Å²) in [5, 5.41) is 0. The highest BCUT2D eigenvalue weighted by Crippen LogP contribution is 2.42. The number of benzene rings is 3. The third-order valence-electron chi connectivity index (χ3n) is 7.28. The van der Waals surface area contributed by atoms with Crippen molar-refractivity contribution in [2.24, 2.45) is 11.8 Å². The summed E-state index contributed by atoms with van der Waals surface area (Å²) in [7, 11) is 0. The fourth-order valence-corrected chi connectivity index (χ4v) is 6.50. The van der Waals surface area contributed by atoms with E-state index in [-0.39, 0.29) is 11.8 Å². The quantitative estimate of drug-likeness (QED) is 0.352. The summed E-state index contributed by atoms with van der Waals surface area (Å²) >= 11 is 1.51. The number of likely N-dealkylation sites (tertiary alicyclic amines) is 1. The summed E-state index contributed by atoms with van der Waals surface area (Å²) in [4.78, 5) is 32.4. The SMILES string of the molecule is Cc1ccc(C)c(CN2C(=O)/C(=C/c3ccc(C(=O)N4CC(C)CC(C)C4)cc3)Sc3ccccc32)c1. The van der Waals surface area contributed by atoms with Gasteiger partial charge in [0.15, 0.2) is 0 Å². The number of fused-ring (bicyclic) bond motifs is 1. The maximum absolute atomic E-state index is 13.7. The summed E-state index contributed by atoms with van der Waals surface area (Å²) in [6, 6.07) is 22.1. The molecule has 0 radical (unpaired) electrons. The van der Waals surface area contributed by atoms with Crippen LogP contribution in [0.3, 0.4) is 0 Å². The van der Waals surface area contributed by atoms with Crippen molar-refractivity contribution >= 4 is 35.3 Å². The Kier molecular flexibility index (Phi) is 7.25. The van der Waals surface area contributed by atoms with Crippen molar-refractivity contribution < 1.29 is 9.59 Å². The van der Waals surface area contributed by atoms with E-state index in [1.807, 2.05) is 58.3 Å². The smallest absolute Gasteiger partial charge is 0.265 e. The van der Waals surface area contributed by atoms with Gasteiger partial charge >= 0.3 is 0 Å². The fourth-order valence-electron chi connectivity index (χ4n) is 5.44. The van der Waals surface area contributed by atoms with Crippen LogP contribution in [0, 0.1) is 25.7 Å². The molecule has 2 heterocycles. The van der Waals surface area contributed by atoms with Crippen LogP contribution in [0.25, 0.3) is 6.08 Å². The molecule has 0 aliphatic carbocycles. The van der Waals surface area contributed by atoms with Gasteiger partial charge in [-0.2, -0.15) is 0 Å². The van der Waals surface area contributed by atoms with Gasteiger partial charge in [0.05, 0.1) is 17.1 Å². The molecule has 1 saturated heterocycles. The average molecular weight is 511 g/mol.